The van der Waals surface area contributed by atoms with Crippen LogP contribution in [0.15, 0.2) is 71.8 Å². The standard InChI is InChI=1S/C25H24N8O2/c1-16-4-7-19(8-5-16)15-26-32-25-30-23(27-20-10-12-22(13-11-20)33(34)35)29-24(31-25)28-21-9-6-17(2)18(3)14-21/h4-15H,1-3H3,(H3,27,28,29,30,31,32). The lowest BCUT2D eigenvalue weighted by Crippen LogP contribution is -2.07. The molecule has 176 valence electrons. The summed E-state index contributed by atoms with van der Waals surface area (Å²) in [6.45, 7) is 6.10. The largest absolute Gasteiger partial charge is 0.324 e. The number of nitrogens with one attached hydrogen (secondary N) is 3. The van der Waals surface area contributed by atoms with Gasteiger partial charge in [0.25, 0.3) is 5.69 Å². The van der Waals surface area contributed by atoms with E-state index in [0.29, 0.717) is 11.6 Å². The van der Waals surface area contributed by atoms with Crippen LogP contribution in [0.3, 0.4) is 0 Å². The normalized spacial score (nSPS) is 10.8. The first-order chi connectivity index (χ1) is 16.9. The van der Waals surface area contributed by atoms with Gasteiger partial charge in [-0.25, -0.2) is 5.43 Å². The Morgan fingerprint density at radius 3 is 2.00 bits per heavy atom. The summed E-state index contributed by atoms with van der Waals surface area (Å²) in [5.41, 5.74) is 8.66. The van der Waals surface area contributed by atoms with Gasteiger partial charge in [0.2, 0.25) is 17.8 Å². The van der Waals surface area contributed by atoms with Gasteiger partial charge in [0, 0.05) is 23.5 Å². The van der Waals surface area contributed by atoms with Crippen LogP contribution in [0.5, 0.6) is 0 Å². The van der Waals surface area contributed by atoms with Gasteiger partial charge in [-0.05, 0) is 61.7 Å². The molecule has 3 aromatic carbocycles. The van der Waals surface area contributed by atoms with E-state index in [1.54, 1.807) is 18.3 Å². The van der Waals surface area contributed by atoms with E-state index in [0.717, 1.165) is 22.4 Å². The van der Waals surface area contributed by atoms with E-state index in [-0.39, 0.29) is 17.6 Å². The van der Waals surface area contributed by atoms with Crippen molar-refractivity contribution in [3.05, 3.63) is 99.1 Å². The average Bonchev–Trinajstić information content (AvgIpc) is 2.83. The Morgan fingerprint density at radius 1 is 0.771 bits per heavy atom. The Morgan fingerprint density at radius 2 is 1.37 bits per heavy atom. The number of nitro groups is 1. The third-order valence-corrected chi connectivity index (χ3v) is 5.19. The SMILES string of the molecule is Cc1ccc(C=NNc2nc(Nc3ccc([N+](=O)[O-])cc3)nc(Nc3ccc(C)c(C)c3)n2)cc1. The number of nitro benzene ring substituents is 1. The van der Waals surface area contributed by atoms with Crippen LogP contribution in [-0.2, 0) is 0 Å². The predicted octanol–water partition coefficient (Wildman–Crippen LogP) is 5.64. The fourth-order valence-corrected chi connectivity index (χ4v) is 3.10. The molecule has 3 N–H and O–H groups in total. The molecule has 10 heteroatoms. The van der Waals surface area contributed by atoms with Crippen molar-refractivity contribution in [3.8, 4) is 0 Å². The maximum atomic E-state index is 10.9. The number of nitrogens with zero attached hydrogens (tertiary/aromatic N) is 5. The summed E-state index contributed by atoms with van der Waals surface area (Å²) in [4.78, 5) is 23.7. The zero-order valence-corrected chi connectivity index (χ0v) is 19.5. The molecular weight excluding hydrogens is 444 g/mol. The van der Waals surface area contributed by atoms with Gasteiger partial charge < -0.3 is 10.6 Å². The molecular formula is C25H24N8O2. The van der Waals surface area contributed by atoms with E-state index in [4.69, 9.17) is 0 Å². The van der Waals surface area contributed by atoms with Gasteiger partial charge in [0.05, 0.1) is 11.1 Å². The molecule has 4 rings (SSSR count). The molecule has 1 heterocycles. The highest BCUT2D eigenvalue weighted by atomic mass is 16.6. The number of rotatable bonds is 8. The van der Waals surface area contributed by atoms with E-state index in [1.807, 2.05) is 63.2 Å². The molecule has 0 bridgehead atoms. The number of non-ortho nitro benzene ring substituents is 1. The highest BCUT2D eigenvalue weighted by Crippen LogP contribution is 2.22. The van der Waals surface area contributed by atoms with Crippen LogP contribution in [-0.4, -0.2) is 26.1 Å². The minimum Gasteiger partial charge on any atom is -0.324 e. The molecule has 0 spiro atoms. The van der Waals surface area contributed by atoms with Crippen LogP contribution >= 0.6 is 0 Å². The van der Waals surface area contributed by atoms with Crippen molar-refractivity contribution in [3.63, 3.8) is 0 Å². The smallest absolute Gasteiger partial charge is 0.269 e. The van der Waals surface area contributed by atoms with Crippen LogP contribution < -0.4 is 16.1 Å². The Bertz CT molecular complexity index is 1370. The Kier molecular flexibility index (Phi) is 6.91. The molecule has 0 radical (unpaired) electrons. The second kappa shape index (κ2) is 10.4. The number of hydrazone groups is 1. The lowest BCUT2D eigenvalue weighted by Gasteiger charge is -2.11. The van der Waals surface area contributed by atoms with Crippen molar-refractivity contribution < 1.29 is 4.92 Å². The zero-order chi connectivity index (χ0) is 24.8. The van der Waals surface area contributed by atoms with Crippen molar-refractivity contribution in [2.45, 2.75) is 20.8 Å². The topological polar surface area (TPSA) is 130 Å². The van der Waals surface area contributed by atoms with E-state index in [9.17, 15) is 10.1 Å². The Balaban J connectivity index is 1.59. The van der Waals surface area contributed by atoms with Gasteiger partial charge in [-0.2, -0.15) is 20.1 Å². The van der Waals surface area contributed by atoms with E-state index >= 15 is 0 Å². The third kappa shape index (κ3) is 6.35. The van der Waals surface area contributed by atoms with Crippen LogP contribution in [0.1, 0.15) is 22.3 Å². The van der Waals surface area contributed by atoms with Gasteiger partial charge in [0.1, 0.15) is 0 Å². The average molecular weight is 469 g/mol. The number of hydrogen-bond acceptors (Lipinski definition) is 9. The molecule has 4 aromatic rings. The second-order valence-corrected chi connectivity index (χ2v) is 7.94. The lowest BCUT2D eigenvalue weighted by atomic mass is 10.1. The Labute approximate surface area is 202 Å². The van der Waals surface area contributed by atoms with Crippen molar-refractivity contribution in [2.75, 3.05) is 16.1 Å². The first-order valence-electron chi connectivity index (χ1n) is 10.8. The molecule has 0 unspecified atom stereocenters. The molecule has 0 aliphatic heterocycles. The van der Waals surface area contributed by atoms with E-state index in [2.05, 4.69) is 36.1 Å². The van der Waals surface area contributed by atoms with E-state index in [1.165, 1.54) is 17.7 Å². The lowest BCUT2D eigenvalue weighted by molar-refractivity contribution is -0.384. The quantitative estimate of drug-likeness (QED) is 0.172. The fraction of sp³-hybridized carbons (Fsp3) is 0.120. The number of anilines is 5. The summed E-state index contributed by atoms with van der Waals surface area (Å²) in [6.07, 6.45) is 1.67. The third-order valence-electron chi connectivity index (χ3n) is 5.19. The fourth-order valence-electron chi connectivity index (χ4n) is 3.10. The number of aryl methyl sites for hydroxylation is 3. The number of benzene rings is 3. The summed E-state index contributed by atoms with van der Waals surface area (Å²) in [6, 6.07) is 19.9. The van der Waals surface area contributed by atoms with Gasteiger partial charge in [-0.1, -0.05) is 35.9 Å². The summed E-state index contributed by atoms with van der Waals surface area (Å²) in [5, 5.41) is 21.4. The predicted molar refractivity (Wildman–Crippen MR) is 138 cm³/mol. The van der Waals surface area contributed by atoms with Crippen LogP contribution in [0.2, 0.25) is 0 Å². The maximum Gasteiger partial charge on any atom is 0.269 e. The second-order valence-electron chi connectivity index (χ2n) is 7.94. The van der Waals surface area contributed by atoms with Gasteiger partial charge >= 0.3 is 0 Å². The molecule has 0 saturated heterocycles. The molecule has 0 aliphatic carbocycles. The molecule has 0 amide bonds. The minimum absolute atomic E-state index is 0.00362. The molecule has 10 nitrogen and oxygen atoms in total. The van der Waals surface area contributed by atoms with E-state index < -0.39 is 4.92 Å². The number of aromatic nitrogens is 3. The molecule has 0 fully saturated rings. The first-order valence-corrected chi connectivity index (χ1v) is 10.8. The molecule has 0 atom stereocenters. The van der Waals surface area contributed by atoms with Crippen LogP contribution in [0, 0.1) is 30.9 Å². The van der Waals surface area contributed by atoms with Gasteiger partial charge in [-0.15, -0.1) is 0 Å². The summed E-state index contributed by atoms with van der Waals surface area (Å²) >= 11 is 0. The minimum atomic E-state index is -0.452. The Hall–Kier alpha value is -4.86. The summed E-state index contributed by atoms with van der Waals surface area (Å²) in [7, 11) is 0. The van der Waals surface area contributed by atoms with Crippen molar-refractivity contribution >= 4 is 41.1 Å². The molecule has 0 saturated carbocycles. The highest BCUT2D eigenvalue weighted by Gasteiger charge is 2.09. The van der Waals surface area contributed by atoms with Crippen LogP contribution in [0.4, 0.5) is 34.9 Å². The van der Waals surface area contributed by atoms with Gasteiger partial charge in [-0.3, -0.25) is 10.1 Å². The number of hydrogen-bond donors (Lipinski definition) is 3. The van der Waals surface area contributed by atoms with Gasteiger partial charge in [0.15, 0.2) is 0 Å². The van der Waals surface area contributed by atoms with Crippen LogP contribution in [0.25, 0.3) is 0 Å². The van der Waals surface area contributed by atoms with Crippen molar-refractivity contribution in [1.82, 2.24) is 15.0 Å². The molecule has 35 heavy (non-hydrogen) atoms. The first kappa shape index (κ1) is 23.3. The molecule has 0 aliphatic rings. The summed E-state index contributed by atoms with van der Waals surface area (Å²) in [5.74, 6) is 0.771. The van der Waals surface area contributed by atoms with Crippen molar-refractivity contribution in [2.24, 2.45) is 5.10 Å². The monoisotopic (exact) mass is 468 g/mol. The molecule has 1 aromatic heterocycles. The zero-order valence-electron chi connectivity index (χ0n) is 19.5. The highest BCUT2D eigenvalue weighted by molar-refractivity contribution is 5.80. The maximum absolute atomic E-state index is 10.9. The summed E-state index contributed by atoms with van der Waals surface area (Å²) < 4.78 is 0. The van der Waals surface area contributed by atoms with Crippen molar-refractivity contribution in [1.29, 1.82) is 0 Å².